The van der Waals surface area contributed by atoms with Gasteiger partial charge >= 0.3 is 0 Å². The highest BCUT2D eigenvalue weighted by molar-refractivity contribution is 5.99. The summed E-state index contributed by atoms with van der Waals surface area (Å²) in [6.07, 6.45) is 5.03. The molecule has 1 saturated carbocycles. The molecule has 1 atom stereocenters. The lowest BCUT2D eigenvalue weighted by Gasteiger charge is -2.24. The molecule has 0 saturated heterocycles. The molecule has 3 aromatic rings. The van der Waals surface area contributed by atoms with Gasteiger partial charge in [0.1, 0.15) is 17.7 Å². The van der Waals surface area contributed by atoms with Crippen LogP contribution in [0.1, 0.15) is 58.3 Å². The fourth-order valence-corrected chi connectivity index (χ4v) is 4.84. The fraction of sp³-hybridized carbons (Fsp3) is 0.379. The van der Waals surface area contributed by atoms with E-state index in [9.17, 15) is 4.79 Å². The van der Waals surface area contributed by atoms with E-state index in [0.717, 1.165) is 31.1 Å². The minimum Gasteiger partial charge on any atom is -0.486 e. The van der Waals surface area contributed by atoms with Crippen molar-refractivity contribution < 1.29 is 9.53 Å². The second-order valence-corrected chi connectivity index (χ2v) is 9.57. The summed E-state index contributed by atoms with van der Waals surface area (Å²) >= 11 is 0. The molecular weight excluding hydrogens is 436 g/mol. The van der Waals surface area contributed by atoms with Crippen molar-refractivity contribution >= 4 is 11.7 Å². The number of hydrogen-bond donors (Lipinski definition) is 1. The molecule has 0 unspecified atom stereocenters. The first-order valence-corrected chi connectivity index (χ1v) is 12.6. The number of fused-ring (bicyclic) bond motifs is 1. The fourth-order valence-electron chi connectivity index (χ4n) is 4.84. The lowest BCUT2D eigenvalue weighted by molar-refractivity contribution is 0.0754. The lowest BCUT2D eigenvalue weighted by Crippen LogP contribution is -2.33. The van der Waals surface area contributed by atoms with Crippen molar-refractivity contribution in [3.63, 3.8) is 0 Å². The summed E-state index contributed by atoms with van der Waals surface area (Å²) < 4.78 is 6.53. The Labute approximate surface area is 207 Å². The van der Waals surface area contributed by atoms with Gasteiger partial charge in [0, 0.05) is 39.3 Å². The average Bonchev–Trinajstić information content (AvgIpc) is 3.75. The summed E-state index contributed by atoms with van der Waals surface area (Å²) in [6.45, 7) is 2.93. The zero-order valence-corrected chi connectivity index (χ0v) is 20.6. The normalized spacial score (nSPS) is 16.6. The molecule has 0 spiro atoms. The van der Waals surface area contributed by atoms with Crippen LogP contribution in [0.4, 0.5) is 5.82 Å². The van der Waals surface area contributed by atoms with Crippen LogP contribution in [-0.2, 0) is 6.54 Å². The number of ether oxygens (including phenoxy) is 1. The van der Waals surface area contributed by atoms with Gasteiger partial charge in [-0.2, -0.15) is 0 Å². The summed E-state index contributed by atoms with van der Waals surface area (Å²) in [5.74, 6) is 2.27. The third-order valence-electron chi connectivity index (χ3n) is 6.97. The summed E-state index contributed by atoms with van der Waals surface area (Å²) in [6, 6.07) is 20.6. The van der Waals surface area contributed by atoms with E-state index in [-0.39, 0.29) is 12.0 Å². The van der Waals surface area contributed by atoms with Crippen LogP contribution in [0.15, 0.2) is 66.9 Å². The van der Waals surface area contributed by atoms with Gasteiger partial charge in [-0.15, -0.1) is 0 Å². The molecule has 2 aromatic carbocycles. The van der Waals surface area contributed by atoms with Crippen LogP contribution in [0.25, 0.3) is 0 Å². The van der Waals surface area contributed by atoms with E-state index < -0.39 is 0 Å². The van der Waals surface area contributed by atoms with E-state index in [4.69, 9.17) is 4.74 Å². The van der Waals surface area contributed by atoms with Gasteiger partial charge < -0.3 is 19.9 Å². The molecule has 0 radical (unpaired) electrons. The molecule has 1 aliphatic heterocycles. The number of carbonyl (C=O) groups excluding carboxylic acids is 1. The highest BCUT2D eigenvalue weighted by Gasteiger charge is 2.30. The Bertz CT molecular complexity index is 1160. The second-order valence-electron chi connectivity index (χ2n) is 9.57. The number of carbonyl (C=O) groups is 1. The molecule has 1 aromatic heterocycles. The van der Waals surface area contributed by atoms with Crippen molar-refractivity contribution in [2.24, 2.45) is 0 Å². The first-order valence-electron chi connectivity index (χ1n) is 12.6. The zero-order valence-electron chi connectivity index (χ0n) is 20.6. The highest BCUT2D eigenvalue weighted by atomic mass is 16.5. The van der Waals surface area contributed by atoms with Crippen molar-refractivity contribution in [3.8, 4) is 5.75 Å². The molecule has 35 heavy (non-hydrogen) atoms. The molecule has 1 N–H and O–H groups in total. The Balaban J connectivity index is 1.38. The third kappa shape index (κ3) is 5.33. The van der Waals surface area contributed by atoms with Crippen LogP contribution in [-0.4, -0.2) is 49.5 Å². The molecular formula is C29H34N4O2. The molecule has 1 amide bonds. The van der Waals surface area contributed by atoms with E-state index in [1.807, 2.05) is 37.2 Å². The van der Waals surface area contributed by atoms with Crippen molar-refractivity contribution in [1.29, 1.82) is 0 Å². The summed E-state index contributed by atoms with van der Waals surface area (Å²) in [5, 5.41) is 3.24. The molecule has 2 aliphatic rings. The topological polar surface area (TPSA) is 57.7 Å². The van der Waals surface area contributed by atoms with Crippen LogP contribution in [0.3, 0.4) is 0 Å². The maximum atomic E-state index is 13.4. The largest absolute Gasteiger partial charge is 0.486 e. The van der Waals surface area contributed by atoms with E-state index in [1.54, 1.807) is 6.20 Å². The quantitative estimate of drug-likeness (QED) is 0.488. The molecule has 2 heterocycles. The zero-order chi connectivity index (χ0) is 24.2. The monoisotopic (exact) mass is 470 g/mol. The van der Waals surface area contributed by atoms with Crippen LogP contribution < -0.4 is 15.0 Å². The van der Waals surface area contributed by atoms with Gasteiger partial charge in [-0.25, -0.2) is 4.98 Å². The number of nitrogens with one attached hydrogen (secondary N) is 1. The number of pyridine rings is 1. The molecule has 1 fully saturated rings. The maximum absolute atomic E-state index is 13.4. The number of likely N-dealkylation sites (N-methyl/N-ethyl adjacent to an activating group) is 1. The summed E-state index contributed by atoms with van der Waals surface area (Å²) in [5.41, 5.74) is 4.40. The number of amides is 1. The van der Waals surface area contributed by atoms with Crippen molar-refractivity contribution in [2.75, 3.05) is 38.6 Å². The number of benzene rings is 2. The van der Waals surface area contributed by atoms with Gasteiger partial charge in [0.25, 0.3) is 5.91 Å². The third-order valence-corrected chi connectivity index (χ3v) is 6.97. The molecule has 6 heteroatoms. The average molecular weight is 471 g/mol. The highest BCUT2D eigenvalue weighted by Crippen LogP contribution is 2.44. The van der Waals surface area contributed by atoms with Crippen LogP contribution in [0, 0.1) is 0 Å². The Hall–Kier alpha value is -3.38. The van der Waals surface area contributed by atoms with Gasteiger partial charge in [-0.3, -0.25) is 4.79 Å². The van der Waals surface area contributed by atoms with Crippen molar-refractivity contribution in [3.05, 3.63) is 89.1 Å². The number of hydrogen-bond acceptors (Lipinski definition) is 5. The minimum absolute atomic E-state index is 0.00623. The Morgan fingerprint density at radius 1 is 1.09 bits per heavy atom. The smallest absolute Gasteiger partial charge is 0.257 e. The summed E-state index contributed by atoms with van der Waals surface area (Å²) in [4.78, 5) is 21.9. The first kappa shape index (κ1) is 23.4. The Morgan fingerprint density at radius 3 is 2.69 bits per heavy atom. The predicted molar refractivity (Wildman–Crippen MR) is 139 cm³/mol. The maximum Gasteiger partial charge on any atom is 0.257 e. The predicted octanol–water partition coefficient (Wildman–Crippen LogP) is 4.78. The molecule has 1 aliphatic carbocycles. The standard InChI is InChI=1S/C29H34N4O2/c1-30-16-14-27(22-7-4-3-5-8-22)35-24-13-12-23(26(19-24)21-10-11-21)20-33-18-17-32(2)28-25(29(33)34)9-6-15-31-28/h3-9,12-13,15,19,21,27,30H,10-11,14,16-18,20H2,1-2H3/t27-/m0/s1. The van der Waals surface area contributed by atoms with Gasteiger partial charge in [-0.05, 0) is 73.3 Å². The number of anilines is 1. The van der Waals surface area contributed by atoms with Crippen LogP contribution in [0.5, 0.6) is 5.75 Å². The van der Waals surface area contributed by atoms with Crippen molar-refractivity contribution in [2.45, 2.75) is 37.8 Å². The van der Waals surface area contributed by atoms with E-state index in [2.05, 4.69) is 57.7 Å². The molecule has 182 valence electrons. The Morgan fingerprint density at radius 2 is 1.91 bits per heavy atom. The van der Waals surface area contributed by atoms with Gasteiger partial charge in [-0.1, -0.05) is 36.4 Å². The SMILES string of the molecule is CNCC[C@H](Oc1ccc(CN2CCN(C)c3ncccc3C2=O)c(C2CC2)c1)c1ccccc1. The second kappa shape index (κ2) is 10.5. The van der Waals surface area contributed by atoms with E-state index in [0.29, 0.717) is 24.6 Å². The van der Waals surface area contributed by atoms with Crippen LogP contribution >= 0.6 is 0 Å². The lowest BCUT2D eigenvalue weighted by atomic mass is 10.0. The van der Waals surface area contributed by atoms with Gasteiger partial charge in [0.15, 0.2) is 0 Å². The number of nitrogens with zero attached hydrogens (tertiary/aromatic N) is 3. The number of rotatable bonds is 9. The van der Waals surface area contributed by atoms with E-state index >= 15 is 0 Å². The van der Waals surface area contributed by atoms with E-state index in [1.165, 1.54) is 29.5 Å². The van der Waals surface area contributed by atoms with Gasteiger partial charge in [0.2, 0.25) is 0 Å². The minimum atomic E-state index is -0.00623. The number of aromatic nitrogens is 1. The molecule has 5 rings (SSSR count). The molecule has 6 nitrogen and oxygen atoms in total. The molecule has 0 bridgehead atoms. The van der Waals surface area contributed by atoms with Crippen molar-refractivity contribution in [1.82, 2.24) is 15.2 Å². The van der Waals surface area contributed by atoms with Crippen LogP contribution in [0.2, 0.25) is 0 Å². The summed E-state index contributed by atoms with van der Waals surface area (Å²) in [7, 11) is 3.97. The Kier molecular flexibility index (Phi) is 7.00. The first-order chi connectivity index (χ1) is 17.1. The van der Waals surface area contributed by atoms with Gasteiger partial charge in [0.05, 0.1) is 5.56 Å².